The second-order valence-electron chi connectivity index (χ2n) is 9.48. The predicted molar refractivity (Wildman–Crippen MR) is 111 cm³/mol. The third-order valence-electron chi connectivity index (χ3n) is 5.94. The van der Waals surface area contributed by atoms with Crippen molar-refractivity contribution < 1.29 is 14.3 Å². The molecule has 1 aliphatic carbocycles. The van der Waals surface area contributed by atoms with Crippen molar-refractivity contribution >= 4 is 22.8 Å². The van der Waals surface area contributed by atoms with E-state index < -0.39 is 5.60 Å². The van der Waals surface area contributed by atoms with Crippen molar-refractivity contribution in [2.24, 2.45) is 17.8 Å². The summed E-state index contributed by atoms with van der Waals surface area (Å²) in [5.74, 6) is 1.70. The van der Waals surface area contributed by atoms with Crippen molar-refractivity contribution in [2.75, 3.05) is 13.1 Å². The van der Waals surface area contributed by atoms with Crippen LogP contribution in [0.25, 0.3) is 10.9 Å². The molecule has 29 heavy (non-hydrogen) atoms. The highest BCUT2D eigenvalue weighted by Crippen LogP contribution is 2.53. The van der Waals surface area contributed by atoms with Gasteiger partial charge in [-0.2, -0.15) is 0 Å². The molecule has 2 unspecified atom stereocenters. The Morgan fingerprint density at radius 1 is 1.17 bits per heavy atom. The Balaban J connectivity index is 1.38. The number of fused-ring (bicyclic) bond motifs is 2. The van der Waals surface area contributed by atoms with Crippen LogP contribution in [0.15, 0.2) is 24.3 Å². The van der Waals surface area contributed by atoms with Crippen LogP contribution in [0.1, 0.15) is 51.6 Å². The van der Waals surface area contributed by atoms with Gasteiger partial charge in [0, 0.05) is 36.7 Å². The van der Waals surface area contributed by atoms with Crippen molar-refractivity contribution in [3.05, 3.63) is 35.8 Å². The Bertz CT molecular complexity index is 953. The van der Waals surface area contributed by atoms with Crippen LogP contribution in [0.4, 0.5) is 4.79 Å². The van der Waals surface area contributed by atoms with Gasteiger partial charge in [0.1, 0.15) is 17.2 Å². The largest absolute Gasteiger partial charge is 0.444 e. The van der Waals surface area contributed by atoms with Gasteiger partial charge in [0.05, 0.1) is 11.2 Å². The van der Waals surface area contributed by atoms with Crippen LogP contribution in [-0.2, 0) is 9.53 Å². The Labute approximate surface area is 171 Å². The third-order valence-corrected chi connectivity index (χ3v) is 5.94. The summed E-state index contributed by atoms with van der Waals surface area (Å²) in [7, 11) is 0. The summed E-state index contributed by atoms with van der Waals surface area (Å²) in [4.78, 5) is 36.1. The molecule has 2 heterocycles. The van der Waals surface area contributed by atoms with E-state index in [1.165, 1.54) is 0 Å². The first-order chi connectivity index (χ1) is 13.6. The summed E-state index contributed by atoms with van der Waals surface area (Å²) in [5, 5.41) is 1.02. The molecule has 4 atom stereocenters. The molecule has 0 radical (unpaired) electrons. The Morgan fingerprint density at radius 2 is 1.83 bits per heavy atom. The van der Waals surface area contributed by atoms with Crippen LogP contribution in [-0.4, -0.2) is 45.4 Å². The molecule has 1 saturated carbocycles. The summed E-state index contributed by atoms with van der Waals surface area (Å²) in [6, 6.07) is 7.96. The lowest BCUT2D eigenvalue weighted by Gasteiger charge is -2.25. The number of amides is 1. The van der Waals surface area contributed by atoms with E-state index in [1.807, 2.05) is 52.0 Å². The molecule has 1 amide bonds. The van der Waals surface area contributed by atoms with E-state index in [0.717, 1.165) is 22.4 Å². The lowest BCUT2D eigenvalue weighted by molar-refractivity contribution is -0.121. The average molecular weight is 396 g/mol. The van der Waals surface area contributed by atoms with E-state index in [4.69, 9.17) is 4.74 Å². The number of likely N-dealkylation sites (tertiary alicyclic amines) is 1. The number of benzene rings is 1. The number of carbonyl (C=O) groups excluding carboxylic acids is 2. The Kier molecular flexibility index (Phi) is 4.83. The molecule has 6 nitrogen and oxygen atoms in total. The number of para-hydroxylation sites is 1. The number of nitrogens with zero attached hydrogens (tertiary/aromatic N) is 3. The SMILES string of the molecule is Cc1nc(C(C)CC(=O)C2[C@H]3CN(C(=O)OC(C)(C)C)C[C@@H]23)c2ccccc2n1. The molecule has 1 aliphatic heterocycles. The van der Waals surface area contributed by atoms with Gasteiger partial charge in [0.25, 0.3) is 0 Å². The number of Topliss-reactive ketones (excluding diaryl/α,β-unsaturated/α-hetero) is 1. The second kappa shape index (κ2) is 7.08. The van der Waals surface area contributed by atoms with Crippen molar-refractivity contribution in [1.82, 2.24) is 14.9 Å². The fraction of sp³-hybridized carbons (Fsp3) is 0.565. The molecule has 0 N–H and O–H groups in total. The third kappa shape index (κ3) is 3.98. The standard InChI is InChI=1S/C23H29N3O3/c1-13(21-15-8-6-7-9-18(15)24-14(2)25-21)10-19(27)20-16-11-26(12-17(16)20)22(28)29-23(3,4)5/h6-9,13,16-17,20H,10-12H2,1-5H3/t13?,16-,17+,20?. The highest BCUT2D eigenvalue weighted by molar-refractivity contribution is 5.87. The fourth-order valence-corrected chi connectivity index (χ4v) is 4.61. The highest BCUT2D eigenvalue weighted by atomic mass is 16.6. The second-order valence-corrected chi connectivity index (χ2v) is 9.48. The lowest BCUT2D eigenvalue weighted by Crippen LogP contribution is -2.37. The highest BCUT2D eigenvalue weighted by Gasteiger charge is 2.60. The van der Waals surface area contributed by atoms with Crippen molar-refractivity contribution in [2.45, 2.75) is 52.6 Å². The first kappa shape index (κ1) is 19.8. The smallest absolute Gasteiger partial charge is 0.410 e. The monoisotopic (exact) mass is 395 g/mol. The van der Waals surface area contributed by atoms with Crippen LogP contribution in [0, 0.1) is 24.7 Å². The quantitative estimate of drug-likeness (QED) is 0.779. The van der Waals surface area contributed by atoms with Gasteiger partial charge in [-0.1, -0.05) is 25.1 Å². The zero-order valence-corrected chi connectivity index (χ0v) is 17.8. The maximum Gasteiger partial charge on any atom is 0.410 e. The van der Waals surface area contributed by atoms with E-state index in [-0.39, 0.29) is 35.5 Å². The molecule has 6 heteroatoms. The molecule has 2 aromatic rings. The number of piperidine rings is 1. The molecular weight excluding hydrogens is 366 g/mol. The summed E-state index contributed by atoms with van der Waals surface area (Å²) < 4.78 is 5.45. The minimum atomic E-state index is -0.493. The molecule has 0 spiro atoms. The number of hydrogen-bond donors (Lipinski definition) is 0. The molecule has 154 valence electrons. The van der Waals surface area contributed by atoms with E-state index in [9.17, 15) is 9.59 Å². The zero-order valence-electron chi connectivity index (χ0n) is 17.8. The summed E-state index contributed by atoms with van der Waals surface area (Å²) in [6.45, 7) is 10.8. The summed E-state index contributed by atoms with van der Waals surface area (Å²) in [6.07, 6.45) is 0.206. The maximum atomic E-state index is 13.0. The minimum Gasteiger partial charge on any atom is -0.444 e. The minimum absolute atomic E-state index is 0.0392. The predicted octanol–water partition coefficient (Wildman–Crippen LogP) is 4.11. The van der Waals surface area contributed by atoms with E-state index in [1.54, 1.807) is 4.90 Å². The first-order valence-corrected chi connectivity index (χ1v) is 10.4. The average Bonchev–Trinajstić information content (AvgIpc) is 3.13. The van der Waals surface area contributed by atoms with Crippen molar-refractivity contribution in [1.29, 1.82) is 0 Å². The van der Waals surface area contributed by atoms with E-state index >= 15 is 0 Å². The molecule has 2 aliphatic rings. The van der Waals surface area contributed by atoms with Gasteiger partial charge in [0.15, 0.2) is 0 Å². The Hall–Kier alpha value is -2.50. The Morgan fingerprint density at radius 3 is 2.48 bits per heavy atom. The van der Waals surface area contributed by atoms with Crippen molar-refractivity contribution in [3.63, 3.8) is 0 Å². The van der Waals surface area contributed by atoms with Crippen LogP contribution >= 0.6 is 0 Å². The molecular formula is C23H29N3O3. The van der Waals surface area contributed by atoms with Gasteiger partial charge < -0.3 is 9.64 Å². The van der Waals surface area contributed by atoms with Gasteiger partial charge in [-0.3, -0.25) is 4.79 Å². The lowest BCUT2D eigenvalue weighted by atomic mass is 9.94. The van der Waals surface area contributed by atoms with Crippen LogP contribution in [0.5, 0.6) is 0 Å². The summed E-state index contributed by atoms with van der Waals surface area (Å²) in [5.41, 5.74) is 1.38. The fourth-order valence-electron chi connectivity index (χ4n) is 4.61. The van der Waals surface area contributed by atoms with E-state index in [0.29, 0.717) is 19.5 Å². The normalized spacial score (nSPS) is 24.3. The number of rotatable bonds is 4. The van der Waals surface area contributed by atoms with Gasteiger partial charge in [-0.15, -0.1) is 0 Å². The molecule has 1 aromatic heterocycles. The molecule has 1 saturated heterocycles. The van der Waals surface area contributed by atoms with Gasteiger partial charge >= 0.3 is 6.09 Å². The van der Waals surface area contributed by atoms with Gasteiger partial charge in [-0.05, 0) is 45.6 Å². The molecule has 2 fully saturated rings. The molecule has 0 bridgehead atoms. The van der Waals surface area contributed by atoms with E-state index in [2.05, 4.69) is 16.9 Å². The van der Waals surface area contributed by atoms with Crippen LogP contribution in [0.3, 0.4) is 0 Å². The number of ketones is 1. The van der Waals surface area contributed by atoms with Gasteiger partial charge in [-0.25, -0.2) is 14.8 Å². The maximum absolute atomic E-state index is 13.0. The zero-order chi connectivity index (χ0) is 20.9. The summed E-state index contributed by atoms with van der Waals surface area (Å²) >= 11 is 0. The number of ether oxygens (including phenoxy) is 1. The van der Waals surface area contributed by atoms with Crippen LogP contribution in [0.2, 0.25) is 0 Å². The molecule has 1 aromatic carbocycles. The number of carbonyl (C=O) groups is 2. The van der Waals surface area contributed by atoms with Crippen molar-refractivity contribution in [3.8, 4) is 0 Å². The topological polar surface area (TPSA) is 72.4 Å². The number of hydrogen-bond acceptors (Lipinski definition) is 5. The molecule has 4 rings (SSSR count). The number of aromatic nitrogens is 2. The number of aryl methyl sites for hydroxylation is 1. The first-order valence-electron chi connectivity index (χ1n) is 10.4. The van der Waals surface area contributed by atoms with Crippen LogP contribution < -0.4 is 0 Å². The van der Waals surface area contributed by atoms with Gasteiger partial charge in [0.2, 0.25) is 0 Å².